The van der Waals surface area contributed by atoms with Gasteiger partial charge >= 0.3 is 0 Å². The maximum Gasteiger partial charge on any atom is 0.131 e. The Labute approximate surface area is 91.1 Å². The molecule has 1 heterocycles. The molecule has 4 nitrogen and oxygen atoms in total. The molecule has 0 aliphatic carbocycles. The standard InChI is InChI=1S/C9H14BrNO3/c1-9(5-12,6-13)11-4-8-7(10)2-3-14-8/h2-3,11-13H,4-6H2,1H3. The largest absolute Gasteiger partial charge is 0.467 e. The Morgan fingerprint density at radius 2 is 2.14 bits per heavy atom. The van der Waals surface area contributed by atoms with E-state index in [0.29, 0.717) is 6.54 Å². The van der Waals surface area contributed by atoms with Gasteiger partial charge in [-0.25, -0.2) is 0 Å². The van der Waals surface area contributed by atoms with Gasteiger partial charge in [-0.05, 0) is 28.9 Å². The molecule has 0 fully saturated rings. The zero-order valence-electron chi connectivity index (χ0n) is 7.96. The van der Waals surface area contributed by atoms with Gasteiger partial charge in [0.1, 0.15) is 5.76 Å². The predicted octanol–water partition coefficient (Wildman–Crippen LogP) is 0.875. The molecule has 1 aromatic heterocycles. The number of hydrogen-bond acceptors (Lipinski definition) is 4. The summed E-state index contributed by atoms with van der Waals surface area (Å²) in [4.78, 5) is 0. The van der Waals surface area contributed by atoms with E-state index in [1.54, 1.807) is 19.3 Å². The summed E-state index contributed by atoms with van der Waals surface area (Å²) >= 11 is 3.32. The van der Waals surface area contributed by atoms with Gasteiger partial charge in [-0.2, -0.15) is 0 Å². The minimum Gasteiger partial charge on any atom is -0.467 e. The molecule has 1 rings (SSSR count). The van der Waals surface area contributed by atoms with Crippen molar-refractivity contribution in [1.29, 1.82) is 0 Å². The zero-order valence-corrected chi connectivity index (χ0v) is 9.54. The minimum atomic E-state index is -0.674. The van der Waals surface area contributed by atoms with Crippen LogP contribution in [0.4, 0.5) is 0 Å². The molecule has 5 heteroatoms. The highest BCUT2D eigenvalue weighted by atomic mass is 79.9. The molecule has 0 aliphatic heterocycles. The van der Waals surface area contributed by atoms with Crippen LogP contribution >= 0.6 is 15.9 Å². The van der Waals surface area contributed by atoms with Gasteiger partial charge in [0.25, 0.3) is 0 Å². The maximum absolute atomic E-state index is 9.02. The number of rotatable bonds is 5. The van der Waals surface area contributed by atoms with Gasteiger partial charge in [0, 0.05) is 0 Å². The second-order valence-electron chi connectivity index (χ2n) is 3.42. The summed E-state index contributed by atoms with van der Waals surface area (Å²) in [5.74, 6) is 0.748. The smallest absolute Gasteiger partial charge is 0.131 e. The lowest BCUT2D eigenvalue weighted by atomic mass is 10.1. The number of halogens is 1. The van der Waals surface area contributed by atoms with Crippen molar-refractivity contribution in [3.63, 3.8) is 0 Å². The van der Waals surface area contributed by atoms with Crippen LogP contribution in [0.2, 0.25) is 0 Å². The molecular weight excluding hydrogens is 250 g/mol. The highest BCUT2D eigenvalue weighted by Crippen LogP contribution is 2.17. The van der Waals surface area contributed by atoms with Gasteiger partial charge in [-0.3, -0.25) is 0 Å². The molecule has 0 atom stereocenters. The summed E-state index contributed by atoms with van der Waals surface area (Å²) in [6, 6.07) is 1.80. The Hall–Kier alpha value is -0.360. The Bertz CT molecular complexity index is 283. The monoisotopic (exact) mass is 263 g/mol. The van der Waals surface area contributed by atoms with E-state index in [4.69, 9.17) is 14.6 Å². The normalized spacial score (nSPS) is 12.0. The lowest BCUT2D eigenvalue weighted by Crippen LogP contribution is -2.48. The van der Waals surface area contributed by atoms with E-state index in [9.17, 15) is 0 Å². The summed E-state index contributed by atoms with van der Waals surface area (Å²) in [6.07, 6.45) is 1.58. The molecule has 3 N–H and O–H groups in total. The van der Waals surface area contributed by atoms with Crippen molar-refractivity contribution in [2.75, 3.05) is 13.2 Å². The van der Waals surface area contributed by atoms with E-state index in [0.717, 1.165) is 10.2 Å². The van der Waals surface area contributed by atoms with Crippen molar-refractivity contribution in [3.8, 4) is 0 Å². The SMILES string of the molecule is CC(CO)(CO)NCc1occc1Br. The summed E-state index contributed by atoms with van der Waals surface area (Å²) in [5, 5.41) is 21.1. The molecule has 0 radical (unpaired) electrons. The number of furan rings is 1. The van der Waals surface area contributed by atoms with Crippen molar-refractivity contribution in [2.45, 2.75) is 19.0 Å². The average Bonchev–Trinajstić information content (AvgIpc) is 2.61. The second-order valence-corrected chi connectivity index (χ2v) is 4.28. The zero-order chi connectivity index (χ0) is 10.6. The number of aliphatic hydroxyl groups is 2. The van der Waals surface area contributed by atoms with E-state index in [1.807, 2.05) is 0 Å². The van der Waals surface area contributed by atoms with E-state index in [2.05, 4.69) is 21.2 Å². The Balaban J connectivity index is 2.52. The van der Waals surface area contributed by atoms with Crippen LogP contribution in [0, 0.1) is 0 Å². The molecule has 0 amide bonds. The molecule has 0 saturated heterocycles. The highest BCUT2D eigenvalue weighted by Gasteiger charge is 2.22. The third-order valence-corrected chi connectivity index (χ3v) is 2.77. The van der Waals surface area contributed by atoms with E-state index >= 15 is 0 Å². The maximum atomic E-state index is 9.02. The van der Waals surface area contributed by atoms with Gasteiger partial charge in [0.15, 0.2) is 0 Å². The Morgan fingerprint density at radius 1 is 1.50 bits per heavy atom. The summed E-state index contributed by atoms with van der Waals surface area (Å²) < 4.78 is 6.05. The third kappa shape index (κ3) is 2.81. The van der Waals surface area contributed by atoms with E-state index in [-0.39, 0.29) is 13.2 Å². The van der Waals surface area contributed by atoms with Gasteiger partial charge in [0.05, 0.1) is 36.0 Å². The van der Waals surface area contributed by atoms with Gasteiger partial charge < -0.3 is 19.9 Å². The topological polar surface area (TPSA) is 65.6 Å². The molecule has 14 heavy (non-hydrogen) atoms. The summed E-state index contributed by atoms with van der Waals surface area (Å²) in [6.45, 7) is 1.96. The third-order valence-electron chi connectivity index (χ3n) is 2.06. The van der Waals surface area contributed by atoms with Crippen LogP contribution in [0.5, 0.6) is 0 Å². The quantitative estimate of drug-likeness (QED) is 0.738. The van der Waals surface area contributed by atoms with Crippen molar-refractivity contribution in [1.82, 2.24) is 5.32 Å². The van der Waals surface area contributed by atoms with Crippen molar-refractivity contribution in [2.24, 2.45) is 0 Å². The first-order chi connectivity index (χ1) is 6.61. The van der Waals surface area contributed by atoms with E-state index in [1.165, 1.54) is 0 Å². The van der Waals surface area contributed by atoms with Gasteiger partial charge in [-0.15, -0.1) is 0 Å². The molecule has 0 bridgehead atoms. The minimum absolute atomic E-state index is 0.123. The van der Waals surface area contributed by atoms with Crippen LogP contribution in [0.3, 0.4) is 0 Å². The van der Waals surface area contributed by atoms with Crippen LogP contribution in [0.15, 0.2) is 21.2 Å². The Kier molecular flexibility index (Phi) is 4.12. The van der Waals surface area contributed by atoms with Crippen LogP contribution in [-0.4, -0.2) is 29.0 Å². The van der Waals surface area contributed by atoms with E-state index < -0.39 is 5.54 Å². The lowest BCUT2D eigenvalue weighted by molar-refractivity contribution is 0.101. The van der Waals surface area contributed by atoms with Crippen LogP contribution in [-0.2, 0) is 6.54 Å². The summed E-state index contributed by atoms with van der Waals surface area (Å²) in [7, 11) is 0. The van der Waals surface area contributed by atoms with Gasteiger partial charge in [-0.1, -0.05) is 0 Å². The molecule has 1 aromatic rings. The molecule has 0 saturated carbocycles. The van der Waals surface area contributed by atoms with Gasteiger partial charge in [0.2, 0.25) is 0 Å². The number of aliphatic hydroxyl groups excluding tert-OH is 2. The van der Waals surface area contributed by atoms with Crippen molar-refractivity contribution < 1.29 is 14.6 Å². The molecule has 0 aromatic carbocycles. The lowest BCUT2D eigenvalue weighted by Gasteiger charge is -2.25. The first-order valence-corrected chi connectivity index (χ1v) is 5.09. The Morgan fingerprint density at radius 3 is 2.57 bits per heavy atom. The molecule has 80 valence electrons. The number of hydrogen-bond donors (Lipinski definition) is 3. The molecule has 0 spiro atoms. The second kappa shape index (κ2) is 4.93. The molecular formula is C9H14BrNO3. The average molecular weight is 264 g/mol. The van der Waals surface area contributed by atoms with Crippen LogP contribution in [0.25, 0.3) is 0 Å². The fourth-order valence-corrected chi connectivity index (χ4v) is 1.25. The first kappa shape index (κ1) is 11.7. The van der Waals surface area contributed by atoms with Crippen LogP contribution in [0.1, 0.15) is 12.7 Å². The molecule has 0 aliphatic rings. The molecule has 0 unspecified atom stereocenters. The highest BCUT2D eigenvalue weighted by molar-refractivity contribution is 9.10. The summed E-state index contributed by atoms with van der Waals surface area (Å²) in [5.41, 5.74) is -0.674. The van der Waals surface area contributed by atoms with Crippen molar-refractivity contribution >= 4 is 15.9 Å². The first-order valence-electron chi connectivity index (χ1n) is 4.30. The predicted molar refractivity (Wildman–Crippen MR) is 55.8 cm³/mol. The number of nitrogens with one attached hydrogen (secondary N) is 1. The van der Waals surface area contributed by atoms with Crippen molar-refractivity contribution in [3.05, 3.63) is 22.6 Å². The fraction of sp³-hybridized carbons (Fsp3) is 0.556. The fourth-order valence-electron chi connectivity index (χ4n) is 0.907. The van der Waals surface area contributed by atoms with Crippen LogP contribution < -0.4 is 5.32 Å².